The fraction of sp³-hybridized carbons (Fsp3) is 0.682. The van der Waals surface area contributed by atoms with Gasteiger partial charge in [0.25, 0.3) is 0 Å². The molecule has 0 radical (unpaired) electrons. The van der Waals surface area contributed by atoms with Gasteiger partial charge in [0.2, 0.25) is 0 Å². The molecule has 1 fully saturated rings. The number of Topliss-reactive ketones (excluding diaryl/α,β-unsaturated/α-hetero) is 1. The van der Waals surface area contributed by atoms with Gasteiger partial charge in [-0.05, 0) is 56.2 Å². The number of carbonyl (C=O) groups is 1. The number of likely N-dealkylation sites (tertiary alicyclic amines) is 1. The first-order chi connectivity index (χ1) is 11.5. The van der Waals surface area contributed by atoms with Gasteiger partial charge in [-0.3, -0.25) is 4.79 Å². The van der Waals surface area contributed by atoms with E-state index in [-0.39, 0.29) is 6.04 Å². The summed E-state index contributed by atoms with van der Waals surface area (Å²) < 4.78 is 1.06. The lowest BCUT2D eigenvalue weighted by Crippen LogP contribution is -2.61. The molecule has 1 aliphatic heterocycles. The van der Waals surface area contributed by atoms with Crippen LogP contribution < -0.4 is 0 Å². The van der Waals surface area contributed by atoms with Gasteiger partial charge in [0.1, 0.15) is 6.04 Å². The molecular weight excluding hydrogens is 294 g/mol. The maximum Gasteiger partial charge on any atom is 0.194 e. The summed E-state index contributed by atoms with van der Waals surface area (Å²) >= 11 is 0. The molecule has 2 nitrogen and oxygen atoms in total. The zero-order chi connectivity index (χ0) is 17.6. The molecule has 134 valence electrons. The Morgan fingerprint density at radius 3 is 2.21 bits per heavy atom. The van der Waals surface area contributed by atoms with E-state index in [2.05, 4.69) is 45.9 Å². The molecule has 0 aromatic heterocycles. The average Bonchev–Trinajstić information content (AvgIpc) is 2.57. The number of carbonyl (C=O) groups excluding carboxylic acids is 1. The molecular formula is C22H36NO+. The number of ketones is 1. The second-order valence-electron chi connectivity index (χ2n) is 7.77. The third-order valence-electron chi connectivity index (χ3n) is 5.97. The molecule has 0 saturated carbocycles. The lowest BCUT2D eigenvalue weighted by molar-refractivity contribution is -0.947. The Bertz CT molecular complexity index is 517. The maximum absolute atomic E-state index is 13.4. The minimum Gasteiger partial charge on any atom is -0.315 e. The Morgan fingerprint density at radius 1 is 1.04 bits per heavy atom. The summed E-state index contributed by atoms with van der Waals surface area (Å²) in [4.78, 5) is 13.4. The zero-order valence-corrected chi connectivity index (χ0v) is 16.2. The molecule has 0 amide bonds. The highest BCUT2D eigenvalue weighted by atomic mass is 16.1. The van der Waals surface area contributed by atoms with E-state index < -0.39 is 0 Å². The highest BCUT2D eigenvalue weighted by Crippen LogP contribution is 2.28. The van der Waals surface area contributed by atoms with Crippen LogP contribution in [0.25, 0.3) is 0 Å². The third kappa shape index (κ3) is 4.27. The summed E-state index contributed by atoms with van der Waals surface area (Å²) in [5, 5.41) is 0. The van der Waals surface area contributed by atoms with E-state index in [1.165, 1.54) is 62.0 Å². The van der Waals surface area contributed by atoms with Crippen molar-refractivity contribution in [2.75, 3.05) is 19.6 Å². The Balaban J connectivity index is 2.26. The molecule has 1 heterocycles. The lowest BCUT2D eigenvalue weighted by Gasteiger charge is -2.47. The van der Waals surface area contributed by atoms with Crippen molar-refractivity contribution in [1.82, 2.24) is 0 Å². The van der Waals surface area contributed by atoms with E-state index >= 15 is 0 Å². The second kappa shape index (κ2) is 8.80. The van der Waals surface area contributed by atoms with Crippen LogP contribution in [0, 0.1) is 13.8 Å². The van der Waals surface area contributed by atoms with E-state index in [9.17, 15) is 4.79 Å². The molecule has 2 rings (SSSR count). The van der Waals surface area contributed by atoms with Gasteiger partial charge >= 0.3 is 0 Å². The number of rotatable bonds is 8. The first-order valence-electron chi connectivity index (χ1n) is 9.97. The van der Waals surface area contributed by atoms with Crippen molar-refractivity contribution in [3.8, 4) is 0 Å². The van der Waals surface area contributed by atoms with Crippen molar-refractivity contribution in [1.29, 1.82) is 0 Å². The van der Waals surface area contributed by atoms with Gasteiger partial charge < -0.3 is 4.48 Å². The van der Waals surface area contributed by atoms with Crippen molar-refractivity contribution < 1.29 is 9.28 Å². The van der Waals surface area contributed by atoms with Crippen LogP contribution in [-0.2, 0) is 11.2 Å². The van der Waals surface area contributed by atoms with Crippen molar-refractivity contribution in [2.24, 2.45) is 0 Å². The standard InChI is InChI=1S/C22H36NO/c1-5-11-21(23(14-6-2)15-8-7-9-16-23)22(24)17-20-18(3)12-10-13-19(20)4/h10,12-13,21H,5-9,11,14-17H2,1-4H3/q+1/t21-/m1/s1. The van der Waals surface area contributed by atoms with Crippen LogP contribution in [-0.4, -0.2) is 35.9 Å². The topological polar surface area (TPSA) is 17.1 Å². The van der Waals surface area contributed by atoms with Gasteiger partial charge in [-0.25, -0.2) is 0 Å². The molecule has 1 saturated heterocycles. The molecule has 0 N–H and O–H groups in total. The summed E-state index contributed by atoms with van der Waals surface area (Å²) in [7, 11) is 0. The summed E-state index contributed by atoms with van der Waals surface area (Å²) in [6.07, 6.45) is 7.86. The number of aryl methyl sites for hydroxylation is 2. The van der Waals surface area contributed by atoms with Crippen molar-refractivity contribution >= 4 is 5.78 Å². The van der Waals surface area contributed by atoms with Gasteiger partial charge in [0.05, 0.1) is 19.6 Å². The smallest absolute Gasteiger partial charge is 0.194 e. The Labute approximate surface area is 148 Å². The number of hydrogen-bond acceptors (Lipinski definition) is 1. The van der Waals surface area contributed by atoms with Crippen LogP contribution in [0.1, 0.15) is 69.1 Å². The summed E-state index contributed by atoms with van der Waals surface area (Å²) in [6.45, 7) is 12.4. The van der Waals surface area contributed by atoms with Gasteiger partial charge in [-0.1, -0.05) is 38.5 Å². The molecule has 1 aromatic carbocycles. The van der Waals surface area contributed by atoms with Gasteiger partial charge in [-0.15, -0.1) is 0 Å². The predicted octanol–water partition coefficient (Wildman–Crippen LogP) is 4.99. The normalized spacial score (nSPS) is 18.3. The van der Waals surface area contributed by atoms with E-state index in [4.69, 9.17) is 0 Å². The summed E-state index contributed by atoms with van der Waals surface area (Å²) in [5.41, 5.74) is 3.79. The Kier molecular flexibility index (Phi) is 7.03. The van der Waals surface area contributed by atoms with Crippen LogP contribution in [0.15, 0.2) is 18.2 Å². The van der Waals surface area contributed by atoms with Crippen molar-refractivity contribution in [3.63, 3.8) is 0 Å². The van der Waals surface area contributed by atoms with Crippen LogP contribution in [0.5, 0.6) is 0 Å². The van der Waals surface area contributed by atoms with Crippen LogP contribution in [0.4, 0.5) is 0 Å². The number of quaternary nitrogens is 1. The predicted molar refractivity (Wildman–Crippen MR) is 102 cm³/mol. The van der Waals surface area contributed by atoms with E-state index in [0.29, 0.717) is 12.2 Å². The highest BCUT2D eigenvalue weighted by molar-refractivity contribution is 5.85. The van der Waals surface area contributed by atoms with Crippen molar-refractivity contribution in [2.45, 2.75) is 78.7 Å². The third-order valence-corrected chi connectivity index (χ3v) is 5.97. The van der Waals surface area contributed by atoms with Gasteiger partial charge in [-0.2, -0.15) is 0 Å². The first-order valence-corrected chi connectivity index (χ1v) is 9.97. The fourth-order valence-corrected chi connectivity index (χ4v) is 4.71. The molecule has 1 aromatic rings. The highest BCUT2D eigenvalue weighted by Gasteiger charge is 2.41. The number of piperidine rings is 1. The number of hydrogen-bond donors (Lipinski definition) is 0. The van der Waals surface area contributed by atoms with E-state index in [1.54, 1.807) is 0 Å². The molecule has 24 heavy (non-hydrogen) atoms. The molecule has 2 heteroatoms. The van der Waals surface area contributed by atoms with Crippen LogP contribution in [0.2, 0.25) is 0 Å². The molecule has 1 aliphatic rings. The monoisotopic (exact) mass is 330 g/mol. The Hall–Kier alpha value is -1.15. The fourth-order valence-electron chi connectivity index (χ4n) is 4.71. The van der Waals surface area contributed by atoms with Crippen LogP contribution >= 0.6 is 0 Å². The molecule has 0 spiro atoms. The minimum atomic E-state index is 0.203. The maximum atomic E-state index is 13.4. The molecule has 1 atom stereocenters. The largest absolute Gasteiger partial charge is 0.315 e. The lowest BCUT2D eigenvalue weighted by atomic mass is 9.90. The molecule has 0 bridgehead atoms. The first kappa shape index (κ1) is 19.2. The minimum absolute atomic E-state index is 0.203. The number of nitrogens with zero attached hydrogens (tertiary/aromatic N) is 1. The zero-order valence-electron chi connectivity index (χ0n) is 16.2. The quantitative estimate of drug-likeness (QED) is 0.613. The van der Waals surface area contributed by atoms with Gasteiger partial charge in [0, 0.05) is 12.8 Å². The number of benzene rings is 1. The SMILES string of the molecule is CCC[C@H](C(=O)Cc1c(C)cccc1C)[N+]1(CCC)CCCCC1. The Morgan fingerprint density at radius 2 is 1.67 bits per heavy atom. The average molecular weight is 331 g/mol. The van der Waals surface area contributed by atoms with E-state index in [0.717, 1.165) is 17.3 Å². The van der Waals surface area contributed by atoms with Crippen molar-refractivity contribution in [3.05, 3.63) is 34.9 Å². The molecule has 0 aliphatic carbocycles. The van der Waals surface area contributed by atoms with E-state index in [1.807, 2.05) is 0 Å². The van der Waals surface area contributed by atoms with Gasteiger partial charge in [0.15, 0.2) is 5.78 Å². The van der Waals surface area contributed by atoms with Crippen LogP contribution in [0.3, 0.4) is 0 Å². The second-order valence-corrected chi connectivity index (χ2v) is 7.77. The molecule has 0 unspecified atom stereocenters. The summed E-state index contributed by atoms with van der Waals surface area (Å²) in [6, 6.07) is 6.58. The summed E-state index contributed by atoms with van der Waals surface area (Å²) in [5.74, 6) is 0.476.